The summed E-state index contributed by atoms with van der Waals surface area (Å²) in [4.78, 5) is 15.7. The largest absolute Gasteiger partial charge is 0.508 e. The number of para-hydroxylation sites is 1. The highest BCUT2D eigenvalue weighted by atomic mass is 16.5. The molecule has 0 radical (unpaired) electrons. The Bertz CT molecular complexity index is 998. The fraction of sp³-hybridized carbons (Fsp3) is 0.0556. The lowest BCUT2D eigenvalue weighted by Gasteiger charge is -2.00. The number of fused-ring (bicyclic) bond motifs is 2. The van der Waals surface area contributed by atoms with E-state index in [4.69, 9.17) is 4.74 Å². The smallest absolute Gasteiger partial charge is 0.235 e. The molecule has 0 atom stereocenters. The number of aromatic hydroxyl groups is 2. The normalized spacial score (nSPS) is 15.2. The molecule has 0 saturated carbocycles. The molecule has 0 unspecified atom stereocenters. The summed E-state index contributed by atoms with van der Waals surface area (Å²) < 4.78 is 5.54. The fourth-order valence-corrected chi connectivity index (χ4v) is 2.89. The summed E-state index contributed by atoms with van der Waals surface area (Å²) in [6.07, 6.45) is 1.66. The Morgan fingerprint density at radius 1 is 1.17 bits per heavy atom. The van der Waals surface area contributed by atoms with Crippen molar-refractivity contribution in [3.05, 3.63) is 59.0 Å². The highest BCUT2D eigenvalue weighted by molar-refractivity contribution is 6.16. The van der Waals surface area contributed by atoms with Gasteiger partial charge in [-0.3, -0.25) is 4.79 Å². The number of hydrogen-bond donors (Lipinski definition) is 3. The summed E-state index contributed by atoms with van der Waals surface area (Å²) >= 11 is 0. The number of aromatic nitrogens is 1. The third-order valence-electron chi connectivity index (χ3n) is 3.96. The third-order valence-corrected chi connectivity index (χ3v) is 3.96. The van der Waals surface area contributed by atoms with Gasteiger partial charge in [0.1, 0.15) is 22.8 Å². The van der Waals surface area contributed by atoms with Crippen LogP contribution in [0.3, 0.4) is 0 Å². The van der Waals surface area contributed by atoms with Crippen molar-refractivity contribution in [1.82, 2.24) is 4.98 Å². The average molecular weight is 307 g/mol. The molecule has 23 heavy (non-hydrogen) atoms. The Morgan fingerprint density at radius 3 is 2.78 bits per heavy atom. The molecule has 4 rings (SSSR count). The maximum atomic E-state index is 12.5. The predicted molar refractivity (Wildman–Crippen MR) is 85.7 cm³/mol. The molecule has 5 heteroatoms. The van der Waals surface area contributed by atoms with E-state index >= 15 is 0 Å². The first kappa shape index (κ1) is 13.5. The molecule has 0 fully saturated rings. The molecule has 3 aromatic rings. The zero-order valence-corrected chi connectivity index (χ0v) is 12.3. The molecule has 0 saturated heterocycles. The fourth-order valence-electron chi connectivity index (χ4n) is 2.89. The standard InChI is InChI=1S/C18H13NO4/c1-9-12(11-4-2-3-5-13(11)19-9)8-16-18(22)17-14(21)6-10(20)7-15(17)23-16/h2-8,19-21H,1H3/b16-8-. The van der Waals surface area contributed by atoms with Gasteiger partial charge >= 0.3 is 0 Å². The molecule has 3 N–H and O–H groups in total. The summed E-state index contributed by atoms with van der Waals surface area (Å²) in [5.74, 6) is -0.560. The molecule has 1 aliphatic rings. The van der Waals surface area contributed by atoms with Gasteiger partial charge in [-0.05, 0) is 19.1 Å². The van der Waals surface area contributed by atoms with Crippen molar-refractivity contribution in [1.29, 1.82) is 0 Å². The third kappa shape index (κ3) is 1.97. The van der Waals surface area contributed by atoms with Gasteiger partial charge in [0, 0.05) is 34.3 Å². The van der Waals surface area contributed by atoms with Crippen LogP contribution in [-0.2, 0) is 0 Å². The number of ether oxygens (including phenoxy) is 1. The molecule has 0 aliphatic carbocycles. The van der Waals surface area contributed by atoms with Gasteiger partial charge in [0.05, 0.1) is 0 Å². The molecule has 0 spiro atoms. The van der Waals surface area contributed by atoms with Crippen LogP contribution in [0.2, 0.25) is 0 Å². The van der Waals surface area contributed by atoms with E-state index in [0.717, 1.165) is 28.2 Å². The Kier molecular flexibility index (Phi) is 2.72. The number of hydrogen-bond acceptors (Lipinski definition) is 4. The van der Waals surface area contributed by atoms with E-state index in [2.05, 4.69) is 4.98 Å². The summed E-state index contributed by atoms with van der Waals surface area (Å²) in [6, 6.07) is 10.2. The van der Waals surface area contributed by atoms with Gasteiger partial charge in [0.15, 0.2) is 5.76 Å². The number of carbonyl (C=O) groups excluding carboxylic acids is 1. The highest BCUT2D eigenvalue weighted by Crippen LogP contribution is 2.41. The van der Waals surface area contributed by atoms with Crippen molar-refractivity contribution >= 4 is 22.8 Å². The van der Waals surface area contributed by atoms with Gasteiger partial charge in [-0.15, -0.1) is 0 Å². The zero-order chi connectivity index (χ0) is 16.1. The Hall–Kier alpha value is -3.21. The number of rotatable bonds is 1. The van der Waals surface area contributed by atoms with Crippen LogP contribution in [0.4, 0.5) is 0 Å². The Balaban J connectivity index is 1.86. The summed E-state index contributed by atoms with van der Waals surface area (Å²) in [6.45, 7) is 1.92. The van der Waals surface area contributed by atoms with Crippen LogP contribution in [0.15, 0.2) is 42.2 Å². The number of aromatic amines is 1. The summed E-state index contributed by atoms with van der Waals surface area (Å²) in [7, 11) is 0. The molecule has 1 aromatic heterocycles. The molecular formula is C18H13NO4. The van der Waals surface area contributed by atoms with Gasteiger partial charge in [-0.25, -0.2) is 0 Å². The van der Waals surface area contributed by atoms with Crippen LogP contribution in [0, 0.1) is 6.92 Å². The minimum atomic E-state index is -0.401. The van der Waals surface area contributed by atoms with E-state index in [1.807, 2.05) is 31.2 Å². The number of aryl methyl sites for hydroxylation is 1. The van der Waals surface area contributed by atoms with E-state index in [-0.39, 0.29) is 28.6 Å². The van der Waals surface area contributed by atoms with Gasteiger partial charge in [0.2, 0.25) is 5.78 Å². The molecule has 0 amide bonds. The molecule has 2 heterocycles. The van der Waals surface area contributed by atoms with Crippen molar-refractivity contribution < 1.29 is 19.7 Å². The van der Waals surface area contributed by atoms with Crippen LogP contribution in [0.5, 0.6) is 17.2 Å². The van der Waals surface area contributed by atoms with E-state index in [1.165, 1.54) is 6.07 Å². The zero-order valence-electron chi connectivity index (χ0n) is 12.3. The predicted octanol–water partition coefficient (Wildman–Crippen LogP) is 3.50. The average Bonchev–Trinajstić information content (AvgIpc) is 2.98. The topological polar surface area (TPSA) is 82.6 Å². The number of H-pyrrole nitrogens is 1. The second-order valence-electron chi connectivity index (χ2n) is 5.49. The summed E-state index contributed by atoms with van der Waals surface area (Å²) in [5.41, 5.74) is 2.82. The number of carbonyl (C=O) groups is 1. The minimum Gasteiger partial charge on any atom is -0.508 e. The van der Waals surface area contributed by atoms with Gasteiger partial charge in [0.25, 0.3) is 0 Å². The molecular weight excluding hydrogens is 294 g/mol. The number of ketones is 1. The number of allylic oxidation sites excluding steroid dienone is 1. The van der Waals surface area contributed by atoms with Crippen molar-refractivity contribution in [3.63, 3.8) is 0 Å². The first-order chi connectivity index (χ1) is 11.0. The molecule has 5 nitrogen and oxygen atoms in total. The molecule has 1 aliphatic heterocycles. The lowest BCUT2D eigenvalue weighted by molar-refractivity contribution is 0.101. The number of phenolic OH excluding ortho intramolecular Hbond substituents is 2. The Labute approximate surface area is 131 Å². The van der Waals surface area contributed by atoms with Crippen LogP contribution in [0.1, 0.15) is 21.6 Å². The van der Waals surface area contributed by atoms with Gasteiger partial charge in [-0.2, -0.15) is 0 Å². The number of phenols is 2. The van der Waals surface area contributed by atoms with Gasteiger partial charge in [-0.1, -0.05) is 18.2 Å². The van der Waals surface area contributed by atoms with Crippen molar-refractivity contribution in [2.75, 3.05) is 0 Å². The summed E-state index contributed by atoms with van der Waals surface area (Å²) in [5, 5.41) is 20.4. The second kappa shape index (κ2) is 4.64. The number of nitrogens with one attached hydrogen (secondary N) is 1. The maximum absolute atomic E-state index is 12.5. The first-order valence-corrected chi connectivity index (χ1v) is 7.12. The van der Waals surface area contributed by atoms with Crippen molar-refractivity contribution in [2.45, 2.75) is 6.92 Å². The highest BCUT2D eigenvalue weighted by Gasteiger charge is 2.31. The SMILES string of the molecule is Cc1[nH]c2ccccc2c1/C=C1\Oc2cc(O)cc(O)c2C1=O. The van der Waals surface area contributed by atoms with Crippen LogP contribution >= 0.6 is 0 Å². The van der Waals surface area contributed by atoms with Crippen molar-refractivity contribution in [3.8, 4) is 17.2 Å². The molecule has 114 valence electrons. The van der Waals surface area contributed by atoms with E-state index in [0.29, 0.717) is 0 Å². The molecule has 0 bridgehead atoms. The quantitative estimate of drug-likeness (QED) is 0.601. The lowest BCUT2D eigenvalue weighted by atomic mass is 10.1. The number of Topliss-reactive ketones (excluding diaryl/α,β-unsaturated/α-hetero) is 1. The van der Waals surface area contributed by atoms with Crippen LogP contribution in [0.25, 0.3) is 17.0 Å². The van der Waals surface area contributed by atoms with Crippen LogP contribution < -0.4 is 4.74 Å². The lowest BCUT2D eigenvalue weighted by Crippen LogP contribution is -1.98. The second-order valence-corrected chi connectivity index (χ2v) is 5.49. The monoisotopic (exact) mass is 307 g/mol. The molecule has 2 aromatic carbocycles. The Morgan fingerprint density at radius 2 is 1.96 bits per heavy atom. The van der Waals surface area contributed by atoms with E-state index in [1.54, 1.807) is 6.08 Å². The van der Waals surface area contributed by atoms with E-state index < -0.39 is 5.78 Å². The maximum Gasteiger partial charge on any atom is 0.235 e. The minimum absolute atomic E-state index is 0.0755. The first-order valence-electron chi connectivity index (χ1n) is 7.12. The van der Waals surface area contributed by atoms with E-state index in [9.17, 15) is 15.0 Å². The van der Waals surface area contributed by atoms with Crippen LogP contribution in [-0.4, -0.2) is 21.0 Å². The number of benzene rings is 2. The van der Waals surface area contributed by atoms with Crippen molar-refractivity contribution in [2.24, 2.45) is 0 Å². The van der Waals surface area contributed by atoms with Gasteiger partial charge < -0.3 is 19.9 Å².